The van der Waals surface area contributed by atoms with Crippen molar-refractivity contribution >= 4 is 34.8 Å². The van der Waals surface area contributed by atoms with Crippen LogP contribution in [0.5, 0.6) is 0 Å². The molecule has 1 aliphatic heterocycles. The minimum Gasteiger partial charge on any atom is -0.371 e. The highest BCUT2D eigenvalue weighted by Gasteiger charge is 2.22. The van der Waals surface area contributed by atoms with Crippen LogP contribution in [0, 0.1) is 5.92 Å². The van der Waals surface area contributed by atoms with Gasteiger partial charge >= 0.3 is 0 Å². The molecule has 2 N–H and O–H groups in total. The molecule has 0 radical (unpaired) electrons. The number of alkyl halides is 1. The van der Waals surface area contributed by atoms with Crippen molar-refractivity contribution in [2.24, 2.45) is 5.92 Å². The predicted octanol–water partition coefficient (Wildman–Crippen LogP) is 3.81. The van der Waals surface area contributed by atoms with E-state index >= 15 is 0 Å². The average Bonchev–Trinajstić information content (AvgIpc) is 2.73. The maximum Gasteiger partial charge on any atom is 0.253 e. The number of aromatic nitrogens is 1. The summed E-state index contributed by atoms with van der Waals surface area (Å²) in [5, 5.41) is 5.08. The first kappa shape index (κ1) is 21.1. The van der Waals surface area contributed by atoms with Crippen LogP contribution in [0.1, 0.15) is 42.6 Å². The summed E-state index contributed by atoms with van der Waals surface area (Å²) in [5.74, 6) is 0.211. The number of anilines is 2. The normalized spacial score (nSPS) is 15.6. The summed E-state index contributed by atoms with van der Waals surface area (Å²) < 4.78 is 0. The van der Waals surface area contributed by atoms with Crippen LogP contribution in [0.3, 0.4) is 0 Å². The number of piperidine rings is 1. The van der Waals surface area contributed by atoms with E-state index in [1.54, 1.807) is 25.4 Å². The molecule has 1 fully saturated rings. The Morgan fingerprint density at radius 2 is 2.03 bits per heavy atom. The zero-order valence-electron chi connectivity index (χ0n) is 16.8. The molecule has 2 heterocycles. The molecule has 3 rings (SSSR count). The third-order valence-corrected chi connectivity index (χ3v) is 5.37. The van der Waals surface area contributed by atoms with E-state index in [1.807, 2.05) is 24.3 Å². The summed E-state index contributed by atoms with van der Waals surface area (Å²) in [4.78, 5) is 31.3. The summed E-state index contributed by atoms with van der Waals surface area (Å²) in [5.41, 5.74) is 2.92. The van der Waals surface area contributed by atoms with Crippen molar-refractivity contribution in [3.8, 4) is 0 Å². The third kappa shape index (κ3) is 5.70. The van der Waals surface area contributed by atoms with E-state index in [0.717, 1.165) is 37.2 Å². The molecular weight excluding hydrogens is 388 g/mol. The van der Waals surface area contributed by atoms with Crippen LogP contribution in [0.4, 0.5) is 11.4 Å². The van der Waals surface area contributed by atoms with E-state index in [-0.39, 0.29) is 11.8 Å². The van der Waals surface area contributed by atoms with Crippen molar-refractivity contribution in [1.82, 2.24) is 10.3 Å². The molecule has 1 aromatic carbocycles. The van der Waals surface area contributed by atoms with Crippen molar-refractivity contribution in [1.29, 1.82) is 0 Å². The number of nitrogens with zero attached hydrogens (tertiary/aromatic N) is 2. The number of carbonyl (C=O) groups is 2. The first-order valence-corrected chi connectivity index (χ1v) is 10.4. The van der Waals surface area contributed by atoms with Crippen molar-refractivity contribution in [2.45, 2.75) is 38.6 Å². The Labute approximate surface area is 176 Å². The fourth-order valence-electron chi connectivity index (χ4n) is 3.34. The quantitative estimate of drug-likeness (QED) is 0.705. The Bertz CT molecular complexity index is 849. The van der Waals surface area contributed by atoms with Crippen molar-refractivity contribution in [3.63, 3.8) is 0 Å². The van der Waals surface area contributed by atoms with E-state index in [2.05, 4.69) is 27.4 Å². The van der Waals surface area contributed by atoms with Crippen LogP contribution < -0.4 is 15.5 Å². The molecule has 2 amide bonds. The fraction of sp³-hybridized carbons (Fsp3) is 0.409. The summed E-state index contributed by atoms with van der Waals surface area (Å²) >= 11 is 5.86. The van der Waals surface area contributed by atoms with E-state index < -0.39 is 5.38 Å². The topological polar surface area (TPSA) is 74.3 Å². The molecule has 0 aliphatic carbocycles. The molecule has 2 aromatic rings. The molecule has 6 nitrogen and oxygen atoms in total. The van der Waals surface area contributed by atoms with Gasteiger partial charge in [0.15, 0.2) is 0 Å². The Hall–Kier alpha value is -2.60. The lowest BCUT2D eigenvalue weighted by Crippen LogP contribution is -2.35. The minimum atomic E-state index is -0.652. The average molecular weight is 415 g/mol. The number of nitrogens with one attached hydrogen (secondary N) is 2. The highest BCUT2D eigenvalue weighted by atomic mass is 35.5. The molecule has 7 heteroatoms. The maximum absolute atomic E-state index is 13.0. The fourth-order valence-corrected chi connectivity index (χ4v) is 3.40. The number of rotatable bonds is 6. The maximum atomic E-state index is 13.0. The lowest BCUT2D eigenvalue weighted by atomic mass is 9.97. The minimum absolute atomic E-state index is 0.183. The highest BCUT2D eigenvalue weighted by molar-refractivity contribution is 6.32. The van der Waals surface area contributed by atoms with E-state index in [0.29, 0.717) is 23.7 Å². The molecule has 0 bridgehead atoms. The third-order valence-electron chi connectivity index (χ3n) is 5.17. The lowest BCUT2D eigenvalue weighted by molar-refractivity contribution is -0.115. The number of halogens is 1. The molecule has 29 heavy (non-hydrogen) atoms. The standard InChI is InChI=1S/C22H27ClN4O2/c1-15-7-10-27(11-8-15)20-6-5-18(26-21(28)16(2)23)12-19(20)22(29)25-14-17-4-3-9-24-13-17/h3-6,9,12-13,15-16H,7-8,10-11,14H2,1-2H3,(H,25,29)(H,26,28). The molecular formula is C22H27ClN4O2. The van der Waals surface area contributed by atoms with Gasteiger partial charge in [-0.25, -0.2) is 0 Å². The van der Waals surface area contributed by atoms with Gasteiger partial charge in [-0.05, 0) is 55.5 Å². The molecule has 1 atom stereocenters. The van der Waals surface area contributed by atoms with Crippen molar-refractivity contribution < 1.29 is 9.59 Å². The van der Waals surface area contributed by atoms with Gasteiger partial charge < -0.3 is 15.5 Å². The number of hydrogen-bond donors (Lipinski definition) is 2. The van der Waals surface area contributed by atoms with Gasteiger partial charge in [0.05, 0.1) is 5.56 Å². The SMILES string of the molecule is CC1CCN(c2ccc(NC(=O)C(C)Cl)cc2C(=O)NCc2cccnc2)CC1. The van der Waals surface area contributed by atoms with Gasteiger partial charge in [0, 0.05) is 43.4 Å². The van der Waals surface area contributed by atoms with Gasteiger partial charge in [0.2, 0.25) is 5.91 Å². The van der Waals surface area contributed by atoms with Crippen LogP contribution >= 0.6 is 11.6 Å². The number of carbonyl (C=O) groups excluding carboxylic acids is 2. The van der Waals surface area contributed by atoms with Gasteiger partial charge in [-0.15, -0.1) is 11.6 Å². The predicted molar refractivity (Wildman–Crippen MR) is 116 cm³/mol. The van der Waals surface area contributed by atoms with Gasteiger partial charge in [0.1, 0.15) is 5.38 Å². The second-order valence-electron chi connectivity index (χ2n) is 7.55. The number of amides is 2. The first-order chi connectivity index (χ1) is 13.9. The number of hydrogen-bond acceptors (Lipinski definition) is 4. The Morgan fingerprint density at radius 1 is 1.28 bits per heavy atom. The summed E-state index contributed by atoms with van der Waals surface area (Å²) in [7, 11) is 0. The molecule has 154 valence electrons. The second kappa shape index (κ2) is 9.74. The monoisotopic (exact) mass is 414 g/mol. The van der Waals surface area contributed by atoms with Crippen molar-refractivity contribution in [3.05, 3.63) is 53.9 Å². The van der Waals surface area contributed by atoms with Crippen LogP contribution in [0.25, 0.3) is 0 Å². The first-order valence-electron chi connectivity index (χ1n) is 9.95. The zero-order chi connectivity index (χ0) is 20.8. The van der Waals surface area contributed by atoms with Crippen LogP contribution in [0.2, 0.25) is 0 Å². The second-order valence-corrected chi connectivity index (χ2v) is 8.21. The van der Waals surface area contributed by atoms with Crippen molar-refractivity contribution in [2.75, 3.05) is 23.3 Å². The van der Waals surface area contributed by atoms with Gasteiger partial charge in [0.25, 0.3) is 5.91 Å². The van der Waals surface area contributed by atoms with Crippen LogP contribution in [0.15, 0.2) is 42.7 Å². The molecule has 1 saturated heterocycles. The van der Waals surface area contributed by atoms with Gasteiger partial charge in [-0.3, -0.25) is 14.6 Å². The Kier molecular flexibility index (Phi) is 7.09. The molecule has 1 aromatic heterocycles. The summed E-state index contributed by atoms with van der Waals surface area (Å²) in [6, 6.07) is 9.21. The summed E-state index contributed by atoms with van der Waals surface area (Å²) in [6.45, 7) is 6.08. The van der Waals surface area contributed by atoms with E-state index in [9.17, 15) is 9.59 Å². The molecule has 1 aliphatic rings. The van der Waals surface area contributed by atoms with E-state index in [4.69, 9.17) is 11.6 Å². The van der Waals surface area contributed by atoms with Crippen LogP contribution in [-0.2, 0) is 11.3 Å². The molecule has 0 spiro atoms. The summed E-state index contributed by atoms with van der Waals surface area (Å²) in [6.07, 6.45) is 5.62. The number of pyridine rings is 1. The molecule has 0 saturated carbocycles. The highest BCUT2D eigenvalue weighted by Crippen LogP contribution is 2.29. The number of benzene rings is 1. The zero-order valence-corrected chi connectivity index (χ0v) is 17.6. The van der Waals surface area contributed by atoms with E-state index in [1.165, 1.54) is 0 Å². The Morgan fingerprint density at radius 3 is 2.69 bits per heavy atom. The largest absolute Gasteiger partial charge is 0.371 e. The van der Waals surface area contributed by atoms with Gasteiger partial charge in [-0.2, -0.15) is 0 Å². The smallest absolute Gasteiger partial charge is 0.253 e. The Balaban J connectivity index is 1.83. The molecule has 1 unspecified atom stereocenters. The van der Waals surface area contributed by atoms with Crippen LogP contribution in [-0.4, -0.2) is 35.3 Å². The van der Waals surface area contributed by atoms with Gasteiger partial charge in [-0.1, -0.05) is 13.0 Å². The lowest BCUT2D eigenvalue weighted by Gasteiger charge is -2.33.